The van der Waals surface area contributed by atoms with Gasteiger partial charge in [-0.3, -0.25) is 10.1 Å². The second kappa shape index (κ2) is 5.86. The largest absolute Gasteiger partial charge is 0.399 e. The summed E-state index contributed by atoms with van der Waals surface area (Å²) in [6.07, 6.45) is 3.09. The van der Waals surface area contributed by atoms with Crippen molar-refractivity contribution in [2.45, 2.75) is 18.9 Å². The number of anilines is 2. The molecule has 1 heterocycles. The SMILES string of the molecule is Nc1ccc2c(c1)CC(Nc1ncnc3cc(Cl)c([N+](=O)[O-])cc13)C2. The Balaban J connectivity index is 1.68. The number of aromatic nitrogens is 2. The van der Waals surface area contributed by atoms with Crippen molar-refractivity contribution >= 4 is 39.7 Å². The van der Waals surface area contributed by atoms with Gasteiger partial charge in [-0.05, 0) is 42.2 Å². The molecular formula is C17H14ClN5O2. The molecule has 4 rings (SSSR count). The number of rotatable bonds is 3. The molecule has 1 aliphatic carbocycles. The van der Waals surface area contributed by atoms with Crippen LogP contribution in [-0.4, -0.2) is 20.9 Å². The molecule has 1 aliphatic rings. The van der Waals surface area contributed by atoms with Crippen molar-refractivity contribution in [3.05, 3.63) is 62.9 Å². The van der Waals surface area contributed by atoms with E-state index in [0.29, 0.717) is 16.7 Å². The Kier molecular flexibility index (Phi) is 3.65. The summed E-state index contributed by atoms with van der Waals surface area (Å²) >= 11 is 5.96. The van der Waals surface area contributed by atoms with E-state index in [4.69, 9.17) is 17.3 Å². The second-order valence-corrected chi connectivity index (χ2v) is 6.49. The quantitative estimate of drug-likeness (QED) is 0.424. The van der Waals surface area contributed by atoms with Crippen molar-refractivity contribution in [1.29, 1.82) is 0 Å². The van der Waals surface area contributed by atoms with Crippen LogP contribution in [-0.2, 0) is 12.8 Å². The fourth-order valence-corrected chi connectivity index (χ4v) is 3.48. The zero-order chi connectivity index (χ0) is 17.6. The third-order valence-corrected chi connectivity index (χ3v) is 4.71. The molecule has 25 heavy (non-hydrogen) atoms. The average molecular weight is 356 g/mol. The van der Waals surface area contributed by atoms with Crippen LogP contribution in [0.5, 0.6) is 0 Å². The molecule has 1 unspecified atom stereocenters. The first-order valence-electron chi connectivity index (χ1n) is 7.74. The highest BCUT2D eigenvalue weighted by molar-refractivity contribution is 6.33. The number of nitro groups is 1. The number of halogens is 1. The van der Waals surface area contributed by atoms with Crippen LogP contribution in [0, 0.1) is 10.1 Å². The Bertz CT molecular complexity index is 1010. The van der Waals surface area contributed by atoms with Crippen LogP contribution in [0.25, 0.3) is 10.9 Å². The first kappa shape index (κ1) is 15.6. The van der Waals surface area contributed by atoms with Gasteiger partial charge >= 0.3 is 0 Å². The third kappa shape index (κ3) is 2.83. The van der Waals surface area contributed by atoms with Crippen molar-refractivity contribution in [3.8, 4) is 0 Å². The lowest BCUT2D eigenvalue weighted by molar-refractivity contribution is -0.384. The molecule has 1 aromatic heterocycles. The fraction of sp³-hybridized carbons (Fsp3) is 0.176. The lowest BCUT2D eigenvalue weighted by Gasteiger charge is -2.14. The average Bonchev–Trinajstić information content (AvgIpc) is 2.95. The normalized spacial score (nSPS) is 16.0. The Morgan fingerprint density at radius 2 is 2.00 bits per heavy atom. The van der Waals surface area contributed by atoms with Crippen LogP contribution in [0.4, 0.5) is 17.2 Å². The zero-order valence-corrected chi connectivity index (χ0v) is 13.8. The Hall–Kier alpha value is -2.93. The molecule has 8 heteroatoms. The van der Waals surface area contributed by atoms with Crippen LogP contribution >= 0.6 is 11.6 Å². The molecule has 0 radical (unpaired) electrons. The van der Waals surface area contributed by atoms with Crippen molar-refractivity contribution in [2.75, 3.05) is 11.1 Å². The summed E-state index contributed by atoms with van der Waals surface area (Å²) in [5.41, 5.74) is 9.46. The van der Waals surface area contributed by atoms with Gasteiger partial charge in [0.2, 0.25) is 0 Å². The molecule has 2 aromatic carbocycles. The van der Waals surface area contributed by atoms with Crippen LogP contribution in [0.3, 0.4) is 0 Å². The lowest BCUT2D eigenvalue weighted by atomic mass is 10.1. The van der Waals surface area contributed by atoms with E-state index in [9.17, 15) is 10.1 Å². The van der Waals surface area contributed by atoms with Gasteiger partial charge in [0.15, 0.2) is 0 Å². The number of nitrogen functional groups attached to an aromatic ring is 1. The topological polar surface area (TPSA) is 107 Å². The number of fused-ring (bicyclic) bond motifs is 2. The van der Waals surface area contributed by atoms with E-state index in [2.05, 4.69) is 15.3 Å². The molecule has 0 spiro atoms. The highest BCUT2D eigenvalue weighted by atomic mass is 35.5. The van der Waals surface area contributed by atoms with Crippen molar-refractivity contribution in [3.63, 3.8) is 0 Å². The molecule has 0 saturated heterocycles. The molecule has 3 aromatic rings. The fourth-order valence-electron chi connectivity index (χ4n) is 3.25. The Morgan fingerprint density at radius 1 is 1.20 bits per heavy atom. The van der Waals surface area contributed by atoms with Crippen LogP contribution in [0.2, 0.25) is 5.02 Å². The van der Waals surface area contributed by atoms with E-state index in [0.717, 1.165) is 18.5 Å². The van der Waals surface area contributed by atoms with Crippen LogP contribution < -0.4 is 11.1 Å². The minimum atomic E-state index is -0.507. The van der Waals surface area contributed by atoms with E-state index in [1.807, 2.05) is 18.2 Å². The van der Waals surface area contributed by atoms with Gasteiger partial charge in [0, 0.05) is 23.2 Å². The first-order chi connectivity index (χ1) is 12.0. The number of benzene rings is 2. The molecule has 0 amide bonds. The predicted molar refractivity (Wildman–Crippen MR) is 96.9 cm³/mol. The standard InChI is InChI=1S/C17H14ClN5O2/c18-14-7-15-13(6-16(14)23(24)25)17(21-8-20-15)22-12-4-9-1-2-11(19)3-10(9)5-12/h1-3,6-8,12H,4-5,19H2,(H,20,21,22). The van der Waals surface area contributed by atoms with E-state index in [1.165, 1.54) is 29.6 Å². The first-order valence-corrected chi connectivity index (χ1v) is 8.11. The molecular weight excluding hydrogens is 342 g/mol. The Morgan fingerprint density at radius 3 is 2.80 bits per heavy atom. The minimum absolute atomic E-state index is 0.0610. The molecule has 0 fully saturated rings. The number of nitrogens with zero attached hydrogens (tertiary/aromatic N) is 3. The molecule has 0 saturated carbocycles. The van der Waals surface area contributed by atoms with Gasteiger partial charge in [-0.25, -0.2) is 9.97 Å². The van der Waals surface area contributed by atoms with Gasteiger partial charge < -0.3 is 11.1 Å². The van der Waals surface area contributed by atoms with Gasteiger partial charge in [-0.2, -0.15) is 0 Å². The number of nitro benzene ring substituents is 1. The molecule has 3 N–H and O–H groups in total. The van der Waals surface area contributed by atoms with Gasteiger partial charge in [-0.1, -0.05) is 17.7 Å². The minimum Gasteiger partial charge on any atom is -0.399 e. The van der Waals surface area contributed by atoms with E-state index >= 15 is 0 Å². The summed E-state index contributed by atoms with van der Waals surface area (Å²) in [4.78, 5) is 19.1. The maximum atomic E-state index is 11.2. The Labute approximate surface area is 148 Å². The maximum absolute atomic E-state index is 11.2. The van der Waals surface area contributed by atoms with Gasteiger partial charge in [0.1, 0.15) is 17.2 Å². The molecule has 0 aliphatic heterocycles. The zero-order valence-electron chi connectivity index (χ0n) is 13.1. The smallest absolute Gasteiger partial charge is 0.288 e. The number of nitrogens with two attached hydrogens (primary N) is 1. The third-order valence-electron chi connectivity index (χ3n) is 4.40. The molecule has 1 atom stereocenters. The van der Waals surface area contributed by atoms with Gasteiger partial charge in [-0.15, -0.1) is 0 Å². The van der Waals surface area contributed by atoms with Gasteiger partial charge in [0.05, 0.1) is 10.4 Å². The lowest BCUT2D eigenvalue weighted by Crippen LogP contribution is -2.20. The second-order valence-electron chi connectivity index (χ2n) is 6.08. The number of hydrogen-bond donors (Lipinski definition) is 2. The number of hydrogen-bond acceptors (Lipinski definition) is 6. The van der Waals surface area contributed by atoms with E-state index in [1.54, 1.807) is 0 Å². The van der Waals surface area contributed by atoms with E-state index < -0.39 is 4.92 Å². The van der Waals surface area contributed by atoms with E-state index in [-0.39, 0.29) is 16.8 Å². The van der Waals surface area contributed by atoms with Gasteiger partial charge in [0.25, 0.3) is 5.69 Å². The predicted octanol–water partition coefficient (Wildman–Crippen LogP) is 3.35. The summed E-state index contributed by atoms with van der Waals surface area (Å²) in [7, 11) is 0. The monoisotopic (exact) mass is 355 g/mol. The molecule has 126 valence electrons. The maximum Gasteiger partial charge on any atom is 0.288 e. The highest BCUT2D eigenvalue weighted by Crippen LogP contribution is 2.33. The molecule has 0 bridgehead atoms. The molecule has 7 nitrogen and oxygen atoms in total. The summed E-state index contributed by atoms with van der Waals surface area (Å²) in [5.74, 6) is 0.565. The van der Waals surface area contributed by atoms with Crippen LogP contribution in [0.15, 0.2) is 36.7 Å². The highest BCUT2D eigenvalue weighted by Gasteiger charge is 2.23. The summed E-state index contributed by atoms with van der Waals surface area (Å²) in [5, 5.41) is 15.2. The summed E-state index contributed by atoms with van der Waals surface area (Å²) in [6.45, 7) is 0. The van der Waals surface area contributed by atoms with Crippen LogP contribution in [0.1, 0.15) is 11.1 Å². The van der Waals surface area contributed by atoms with Crippen molar-refractivity contribution < 1.29 is 4.92 Å². The van der Waals surface area contributed by atoms with Crippen molar-refractivity contribution in [1.82, 2.24) is 9.97 Å². The van der Waals surface area contributed by atoms with Crippen molar-refractivity contribution in [2.24, 2.45) is 0 Å². The summed E-state index contributed by atoms with van der Waals surface area (Å²) in [6, 6.07) is 8.97. The number of nitrogens with one attached hydrogen (secondary N) is 1. The summed E-state index contributed by atoms with van der Waals surface area (Å²) < 4.78 is 0.